The topological polar surface area (TPSA) is 53.6 Å². The summed E-state index contributed by atoms with van der Waals surface area (Å²) in [5.41, 5.74) is 0. The van der Waals surface area contributed by atoms with Gasteiger partial charge in [0.05, 0.1) is 19.3 Å². The van der Waals surface area contributed by atoms with Gasteiger partial charge in [0, 0.05) is 30.4 Å². The minimum Gasteiger partial charge on any atom is -0.378 e. The molecule has 0 aromatic heterocycles. The standard InChI is InChI=1S/C27H47N3O2S/c1-19(21-5-3-2-4-6-21)28-27(31)29-24-9-11-26(12-10-24)33-18-20-7-8-22-14-30(15-23(22)13-20)25-16-32-17-25/h19-26H,2-18H2,1H3,(H2,28,29,31). The number of hydrogen-bond donors (Lipinski definition) is 2. The first-order chi connectivity index (χ1) is 16.1. The second-order valence-corrected chi connectivity index (χ2v) is 13.3. The lowest BCUT2D eigenvalue weighted by atomic mass is 9.77. The van der Waals surface area contributed by atoms with Crippen molar-refractivity contribution in [3.8, 4) is 0 Å². The molecule has 2 amide bonds. The SMILES string of the molecule is CC(NC(=O)NC1CCC(SCC2CCC3CN(C4COC4)CC3C2)CC1)C1CCCCC1. The summed E-state index contributed by atoms with van der Waals surface area (Å²) in [7, 11) is 0. The molecule has 2 heterocycles. The normalized spacial score (nSPS) is 37.2. The number of hydrogen-bond acceptors (Lipinski definition) is 4. The van der Waals surface area contributed by atoms with E-state index in [-0.39, 0.29) is 6.03 Å². The Hall–Kier alpha value is -0.460. The van der Waals surface area contributed by atoms with Crippen molar-refractivity contribution >= 4 is 17.8 Å². The molecule has 5 nitrogen and oxygen atoms in total. The fraction of sp³-hybridized carbons (Fsp3) is 0.963. The molecule has 3 aliphatic carbocycles. The molecule has 2 aliphatic heterocycles. The minimum atomic E-state index is 0.0695. The molecule has 4 unspecified atom stereocenters. The summed E-state index contributed by atoms with van der Waals surface area (Å²) in [6.07, 6.45) is 15.8. The number of urea groups is 1. The highest BCUT2D eigenvalue weighted by Gasteiger charge is 2.41. The molecule has 0 bridgehead atoms. The quantitative estimate of drug-likeness (QED) is 0.539. The molecule has 0 aromatic carbocycles. The van der Waals surface area contributed by atoms with Crippen molar-refractivity contribution in [3.63, 3.8) is 0 Å². The van der Waals surface area contributed by atoms with E-state index in [1.165, 1.54) is 83.1 Å². The van der Waals surface area contributed by atoms with Crippen LogP contribution >= 0.6 is 11.8 Å². The second-order valence-electron chi connectivity index (χ2n) is 12.0. The monoisotopic (exact) mass is 477 g/mol. The number of carbonyl (C=O) groups excluding carboxylic acids is 1. The highest BCUT2D eigenvalue weighted by molar-refractivity contribution is 7.99. The molecule has 0 spiro atoms. The molecule has 3 saturated carbocycles. The summed E-state index contributed by atoms with van der Waals surface area (Å²) in [4.78, 5) is 15.3. The van der Waals surface area contributed by atoms with Crippen LogP contribution < -0.4 is 10.6 Å². The van der Waals surface area contributed by atoms with Crippen LogP contribution in [0.1, 0.15) is 84.0 Å². The third-order valence-electron chi connectivity index (χ3n) is 9.62. The van der Waals surface area contributed by atoms with E-state index in [0.717, 1.165) is 55.1 Å². The zero-order valence-corrected chi connectivity index (χ0v) is 21.6. The lowest BCUT2D eigenvalue weighted by molar-refractivity contribution is -0.0587. The van der Waals surface area contributed by atoms with E-state index < -0.39 is 0 Å². The van der Waals surface area contributed by atoms with Crippen molar-refractivity contribution < 1.29 is 9.53 Å². The van der Waals surface area contributed by atoms with Crippen LogP contribution in [-0.4, -0.2) is 66.4 Å². The van der Waals surface area contributed by atoms with Crippen molar-refractivity contribution in [2.75, 3.05) is 32.1 Å². The molecular formula is C27H47N3O2S. The van der Waals surface area contributed by atoms with Gasteiger partial charge in [-0.25, -0.2) is 4.79 Å². The summed E-state index contributed by atoms with van der Waals surface area (Å²) in [6, 6.07) is 1.47. The zero-order valence-electron chi connectivity index (χ0n) is 20.8. The predicted molar refractivity (Wildman–Crippen MR) is 137 cm³/mol. The molecule has 2 saturated heterocycles. The van der Waals surface area contributed by atoms with Crippen molar-refractivity contribution in [3.05, 3.63) is 0 Å². The Balaban J connectivity index is 0.957. The molecule has 5 fully saturated rings. The van der Waals surface area contributed by atoms with Crippen LogP contribution in [0.25, 0.3) is 0 Å². The van der Waals surface area contributed by atoms with E-state index in [1.807, 2.05) is 0 Å². The van der Waals surface area contributed by atoms with Gasteiger partial charge >= 0.3 is 6.03 Å². The Kier molecular flexibility index (Phi) is 8.46. The van der Waals surface area contributed by atoms with Gasteiger partial charge in [0.25, 0.3) is 0 Å². The van der Waals surface area contributed by atoms with Crippen molar-refractivity contribution in [2.45, 2.75) is 107 Å². The van der Waals surface area contributed by atoms with Gasteiger partial charge in [0.1, 0.15) is 0 Å². The van der Waals surface area contributed by atoms with Gasteiger partial charge in [-0.3, -0.25) is 4.90 Å². The van der Waals surface area contributed by atoms with Crippen LogP contribution in [0.15, 0.2) is 0 Å². The average Bonchev–Trinajstić information content (AvgIpc) is 3.20. The first-order valence-corrected chi connectivity index (χ1v) is 15.2. The molecule has 2 N–H and O–H groups in total. The number of rotatable bonds is 7. The van der Waals surface area contributed by atoms with Crippen LogP contribution in [0.3, 0.4) is 0 Å². The maximum atomic E-state index is 12.5. The second kappa shape index (κ2) is 11.5. The fourth-order valence-electron chi connectivity index (χ4n) is 7.28. The van der Waals surface area contributed by atoms with Crippen molar-refractivity contribution in [1.82, 2.24) is 15.5 Å². The molecule has 0 aromatic rings. The number of thioether (sulfide) groups is 1. The molecule has 188 valence electrons. The van der Waals surface area contributed by atoms with Crippen LogP contribution in [0, 0.1) is 23.7 Å². The largest absolute Gasteiger partial charge is 0.378 e. The van der Waals surface area contributed by atoms with E-state index in [1.54, 1.807) is 0 Å². The summed E-state index contributed by atoms with van der Waals surface area (Å²) in [6.45, 7) is 6.80. The molecule has 0 radical (unpaired) electrons. The fourth-order valence-corrected chi connectivity index (χ4v) is 8.73. The summed E-state index contributed by atoms with van der Waals surface area (Å²) in [5.74, 6) is 4.86. The Labute approximate surface area is 205 Å². The number of amides is 2. The van der Waals surface area contributed by atoms with Gasteiger partial charge in [-0.15, -0.1) is 0 Å². The zero-order chi connectivity index (χ0) is 22.6. The lowest BCUT2D eigenvalue weighted by Crippen LogP contribution is -2.48. The van der Waals surface area contributed by atoms with Gasteiger partial charge in [0.15, 0.2) is 0 Å². The Morgan fingerprint density at radius 2 is 1.73 bits per heavy atom. The number of likely N-dealkylation sites (tertiary alicyclic amines) is 1. The third kappa shape index (κ3) is 6.41. The number of nitrogens with zero attached hydrogens (tertiary/aromatic N) is 1. The Morgan fingerprint density at radius 3 is 2.45 bits per heavy atom. The summed E-state index contributed by atoms with van der Waals surface area (Å²) < 4.78 is 5.43. The summed E-state index contributed by atoms with van der Waals surface area (Å²) in [5, 5.41) is 7.34. The first-order valence-electron chi connectivity index (χ1n) is 14.1. The van der Waals surface area contributed by atoms with Crippen LogP contribution in [0.5, 0.6) is 0 Å². The highest BCUT2D eigenvalue weighted by Crippen LogP contribution is 2.42. The van der Waals surface area contributed by atoms with E-state index in [2.05, 4.69) is 34.2 Å². The smallest absolute Gasteiger partial charge is 0.315 e. The van der Waals surface area contributed by atoms with E-state index >= 15 is 0 Å². The maximum Gasteiger partial charge on any atom is 0.315 e. The number of ether oxygens (including phenoxy) is 1. The van der Waals surface area contributed by atoms with E-state index in [0.29, 0.717) is 18.0 Å². The summed E-state index contributed by atoms with van der Waals surface area (Å²) >= 11 is 2.25. The van der Waals surface area contributed by atoms with Gasteiger partial charge in [-0.05, 0) is 94.1 Å². The van der Waals surface area contributed by atoms with E-state index in [4.69, 9.17) is 4.74 Å². The Bertz CT molecular complexity index is 631. The molecule has 5 rings (SSSR count). The van der Waals surface area contributed by atoms with Crippen LogP contribution in [0.2, 0.25) is 0 Å². The Morgan fingerprint density at radius 1 is 0.970 bits per heavy atom. The maximum absolute atomic E-state index is 12.5. The lowest BCUT2D eigenvalue weighted by Gasteiger charge is -2.34. The molecule has 33 heavy (non-hydrogen) atoms. The molecular weight excluding hydrogens is 430 g/mol. The predicted octanol–water partition coefficient (Wildman–Crippen LogP) is 5.05. The van der Waals surface area contributed by atoms with Gasteiger partial charge in [-0.2, -0.15) is 11.8 Å². The average molecular weight is 478 g/mol. The van der Waals surface area contributed by atoms with Gasteiger partial charge < -0.3 is 15.4 Å². The number of carbonyl (C=O) groups is 1. The highest BCUT2D eigenvalue weighted by atomic mass is 32.2. The van der Waals surface area contributed by atoms with Crippen LogP contribution in [0.4, 0.5) is 4.79 Å². The molecule has 4 atom stereocenters. The minimum absolute atomic E-state index is 0.0695. The number of fused-ring (bicyclic) bond motifs is 1. The molecule has 6 heteroatoms. The van der Waals surface area contributed by atoms with Gasteiger partial charge in [-0.1, -0.05) is 19.3 Å². The molecule has 5 aliphatic rings. The number of nitrogens with one attached hydrogen (secondary N) is 2. The van der Waals surface area contributed by atoms with Crippen molar-refractivity contribution in [1.29, 1.82) is 0 Å². The first kappa shape index (κ1) is 24.2. The van der Waals surface area contributed by atoms with Crippen LogP contribution in [-0.2, 0) is 4.74 Å². The third-order valence-corrected chi connectivity index (χ3v) is 11.2. The van der Waals surface area contributed by atoms with E-state index in [9.17, 15) is 4.79 Å². The van der Waals surface area contributed by atoms with Crippen molar-refractivity contribution in [2.24, 2.45) is 23.7 Å². The van der Waals surface area contributed by atoms with Gasteiger partial charge in [0.2, 0.25) is 0 Å².